The Morgan fingerprint density at radius 3 is 3.06 bits per heavy atom. The lowest BCUT2D eigenvalue weighted by Crippen LogP contribution is -2.23. The van der Waals surface area contributed by atoms with E-state index in [-0.39, 0.29) is 12.4 Å². The zero-order chi connectivity index (χ0) is 13.0. The van der Waals surface area contributed by atoms with Crippen molar-refractivity contribution in [2.75, 3.05) is 19.8 Å². The van der Waals surface area contributed by atoms with Crippen molar-refractivity contribution < 1.29 is 14.9 Å². The van der Waals surface area contributed by atoms with E-state index in [9.17, 15) is 10.2 Å². The number of hydrogen-bond donors (Lipinski definition) is 3. The lowest BCUT2D eigenvalue weighted by Gasteiger charge is -2.14. The number of nitrogens with zero attached hydrogens (tertiary/aromatic N) is 1. The van der Waals surface area contributed by atoms with Crippen LogP contribution in [0.3, 0.4) is 0 Å². The Bertz CT molecular complexity index is 403. The van der Waals surface area contributed by atoms with Gasteiger partial charge in [0.15, 0.2) is 0 Å². The molecule has 1 aliphatic heterocycles. The van der Waals surface area contributed by atoms with Crippen LogP contribution in [0.1, 0.15) is 23.2 Å². The van der Waals surface area contributed by atoms with Crippen molar-refractivity contribution in [2.45, 2.75) is 26.5 Å². The normalized spacial score (nSPS) is 19.3. The fraction of sp³-hybridized carbons (Fsp3) is 0.615. The Balaban J connectivity index is 1.96. The minimum absolute atomic E-state index is 0.107. The monoisotopic (exact) mass is 252 g/mol. The summed E-state index contributed by atoms with van der Waals surface area (Å²) in [5.74, 6) is 0.726. The van der Waals surface area contributed by atoms with Crippen LogP contribution in [0.5, 0.6) is 5.75 Å². The van der Waals surface area contributed by atoms with E-state index in [1.165, 1.54) is 0 Å². The Labute approximate surface area is 107 Å². The van der Waals surface area contributed by atoms with E-state index in [0.717, 1.165) is 31.7 Å². The summed E-state index contributed by atoms with van der Waals surface area (Å²) in [4.78, 5) is 4.04. The lowest BCUT2D eigenvalue weighted by molar-refractivity contribution is 0.185. The molecule has 1 atom stereocenters. The second-order valence-corrected chi connectivity index (χ2v) is 4.71. The summed E-state index contributed by atoms with van der Waals surface area (Å²) in [5.41, 5.74) is 2.00. The van der Waals surface area contributed by atoms with E-state index in [1.54, 1.807) is 13.1 Å². The van der Waals surface area contributed by atoms with Crippen LogP contribution in [-0.2, 0) is 17.9 Å². The minimum atomic E-state index is -0.107. The van der Waals surface area contributed by atoms with E-state index >= 15 is 0 Å². The first-order valence-electron chi connectivity index (χ1n) is 6.28. The first-order valence-corrected chi connectivity index (χ1v) is 6.28. The molecule has 18 heavy (non-hydrogen) atoms. The predicted octanol–water partition coefficient (Wildman–Crippen LogP) is 0.714. The topological polar surface area (TPSA) is 74.6 Å². The molecule has 3 N–H and O–H groups in total. The molecular formula is C13H20N2O3. The van der Waals surface area contributed by atoms with Gasteiger partial charge in [-0.1, -0.05) is 0 Å². The molecule has 1 unspecified atom stereocenters. The van der Waals surface area contributed by atoms with Crippen molar-refractivity contribution in [3.63, 3.8) is 0 Å². The van der Waals surface area contributed by atoms with Crippen molar-refractivity contribution in [3.05, 3.63) is 23.0 Å². The molecule has 0 bridgehead atoms. The second kappa shape index (κ2) is 6.13. The highest BCUT2D eigenvalue weighted by atomic mass is 16.5. The highest BCUT2D eigenvalue weighted by Crippen LogP contribution is 2.23. The van der Waals surface area contributed by atoms with E-state index < -0.39 is 0 Å². The summed E-state index contributed by atoms with van der Waals surface area (Å²) in [6, 6.07) is 0. The van der Waals surface area contributed by atoms with Crippen LogP contribution in [0, 0.1) is 12.8 Å². The average molecular weight is 252 g/mol. The Morgan fingerprint density at radius 2 is 2.39 bits per heavy atom. The molecule has 1 saturated heterocycles. The smallest absolute Gasteiger partial charge is 0.141 e. The maximum Gasteiger partial charge on any atom is 0.141 e. The molecular weight excluding hydrogens is 232 g/mol. The van der Waals surface area contributed by atoms with Crippen LogP contribution in [0.15, 0.2) is 6.20 Å². The number of aromatic hydroxyl groups is 1. The summed E-state index contributed by atoms with van der Waals surface area (Å²) in [5, 5.41) is 22.5. The molecule has 1 aromatic rings. The van der Waals surface area contributed by atoms with Gasteiger partial charge in [0.2, 0.25) is 0 Å². The van der Waals surface area contributed by atoms with Gasteiger partial charge < -0.3 is 20.3 Å². The highest BCUT2D eigenvalue weighted by molar-refractivity contribution is 5.40. The van der Waals surface area contributed by atoms with E-state index in [1.807, 2.05) is 0 Å². The molecule has 5 heteroatoms. The standard InChI is InChI=1S/C13H20N2O3/c1-9-13(17)12(11(7-16)5-15-9)6-14-4-10-2-3-18-8-10/h5,10,14,16-17H,2-4,6-8H2,1H3. The van der Waals surface area contributed by atoms with Crippen molar-refractivity contribution in [1.29, 1.82) is 0 Å². The van der Waals surface area contributed by atoms with Gasteiger partial charge in [0.05, 0.1) is 18.9 Å². The van der Waals surface area contributed by atoms with Gasteiger partial charge in [-0.2, -0.15) is 0 Å². The van der Waals surface area contributed by atoms with Crippen LogP contribution < -0.4 is 5.32 Å². The number of ether oxygens (including phenoxy) is 1. The molecule has 0 aliphatic carbocycles. The van der Waals surface area contributed by atoms with E-state index in [2.05, 4.69) is 10.3 Å². The molecule has 2 heterocycles. The third kappa shape index (κ3) is 2.98. The second-order valence-electron chi connectivity index (χ2n) is 4.71. The first kappa shape index (κ1) is 13.3. The maximum absolute atomic E-state index is 9.96. The fourth-order valence-electron chi connectivity index (χ4n) is 2.16. The molecule has 1 aromatic heterocycles. The minimum Gasteiger partial charge on any atom is -0.506 e. The molecule has 0 aromatic carbocycles. The fourth-order valence-corrected chi connectivity index (χ4v) is 2.16. The predicted molar refractivity (Wildman–Crippen MR) is 67.2 cm³/mol. The molecule has 5 nitrogen and oxygen atoms in total. The molecule has 100 valence electrons. The van der Waals surface area contributed by atoms with Gasteiger partial charge in [0, 0.05) is 37.0 Å². The van der Waals surface area contributed by atoms with Crippen LogP contribution >= 0.6 is 0 Å². The van der Waals surface area contributed by atoms with E-state index in [0.29, 0.717) is 23.7 Å². The average Bonchev–Trinajstić information content (AvgIpc) is 2.88. The third-order valence-electron chi connectivity index (χ3n) is 3.36. The SMILES string of the molecule is Cc1ncc(CO)c(CNCC2CCOC2)c1O. The highest BCUT2D eigenvalue weighted by Gasteiger charge is 2.16. The number of aliphatic hydroxyl groups excluding tert-OH is 1. The third-order valence-corrected chi connectivity index (χ3v) is 3.36. The van der Waals surface area contributed by atoms with Crippen LogP contribution in [0.25, 0.3) is 0 Å². The van der Waals surface area contributed by atoms with Crippen LogP contribution in [0.2, 0.25) is 0 Å². The number of aromatic nitrogens is 1. The lowest BCUT2D eigenvalue weighted by atomic mass is 10.1. The largest absolute Gasteiger partial charge is 0.506 e. The number of nitrogens with one attached hydrogen (secondary N) is 1. The number of pyridine rings is 1. The van der Waals surface area contributed by atoms with Gasteiger partial charge in [-0.15, -0.1) is 0 Å². The number of rotatable bonds is 5. The zero-order valence-electron chi connectivity index (χ0n) is 10.6. The zero-order valence-corrected chi connectivity index (χ0v) is 10.6. The molecule has 2 rings (SSSR count). The van der Waals surface area contributed by atoms with Crippen molar-refractivity contribution in [1.82, 2.24) is 10.3 Å². The molecule has 0 saturated carbocycles. The first-order chi connectivity index (χ1) is 8.72. The number of aliphatic hydroxyl groups is 1. The summed E-state index contributed by atoms with van der Waals surface area (Å²) < 4.78 is 5.31. The molecule has 0 amide bonds. The van der Waals surface area contributed by atoms with E-state index in [4.69, 9.17) is 4.74 Å². The van der Waals surface area contributed by atoms with Crippen LogP contribution in [0.4, 0.5) is 0 Å². The number of hydrogen-bond acceptors (Lipinski definition) is 5. The summed E-state index contributed by atoms with van der Waals surface area (Å²) >= 11 is 0. The molecule has 1 fully saturated rings. The van der Waals surface area contributed by atoms with Crippen molar-refractivity contribution >= 4 is 0 Å². The quantitative estimate of drug-likeness (QED) is 0.720. The van der Waals surface area contributed by atoms with Gasteiger partial charge in [0.1, 0.15) is 5.75 Å². The van der Waals surface area contributed by atoms with Crippen LogP contribution in [-0.4, -0.2) is 35.0 Å². The summed E-state index contributed by atoms with van der Waals surface area (Å²) in [7, 11) is 0. The Hall–Kier alpha value is -1.17. The summed E-state index contributed by atoms with van der Waals surface area (Å²) in [6.45, 7) is 4.71. The van der Waals surface area contributed by atoms with Gasteiger partial charge in [-0.3, -0.25) is 4.98 Å². The number of aryl methyl sites for hydroxylation is 1. The maximum atomic E-state index is 9.96. The van der Waals surface area contributed by atoms with Crippen molar-refractivity contribution in [2.24, 2.45) is 5.92 Å². The molecule has 1 aliphatic rings. The molecule has 0 radical (unpaired) electrons. The van der Waals surface area contributed by atoms with Gasteiger partial charge in [-0.05, 0) is 19.3 Å². The Kier molecular flexibility index (Phi) is 4.52. The van der Waals surface area contributed by atoms with Gasteiger partial charge >= 0.3 is 0 Å². The van der Waals surface area contributed by atoms with Gasteiger partial charge in [-0.25, -0.2) is 0 Å². The molecule has 0 spiro atoms. The summed E-state index contributed by atoms with van der Waals surface area (Å²) in [6.07, 6.45) is 2.70. The van der Waals surface area contributed by atoms with Crippen molar-refractivity contribution in [3.8, 4) is 5.75 Å². The Morgan fingerprint density at radius 1 is 1.56 bits per heavy atom. The van der Waals surface area contributed by atoms with Gasteiger partial charge in [0.25, 0.3) is 0 Å².